The van der Waals surface area contributed by atoms with E-state index >= 15 is 0 Å². The van der Waals surface area contributed by atoms with Gasteiger partial charge in [0.25, 0.3) is 5.91 Å². The van der Waals surface area contributed by atoms with Crippen molar-refractivity contribution >= 4 is 28.5 Å². The number of para-hydroxylation sites is 1. The number of benzene rings is 1. The van der Waals surface area contributed by atoms with Gasteiger partial charge >= 0.3 is 6.01 Å². The molecule has 1 aromatic carbocycles. The Bertz CT molecular complexity index is 795. The molecule has 3 aromatic rings. The third-order valence-electron chi connectivity index (χ3n) is 2.82. The number of oxazole rings is 1. The van der Waals surface area contributed by atoms with Crippen LogP contribution >= 0.6 is 0 Å². The number of nitrogen functional groups attached to an aromatic ring is 1. The van der Waals surface area contributed by atoms with Gasteiger partial charge in [0.2, 0.25) is 0 Å². The Morgan fingerprint density at radius 1 is 1.30 bits per heavy atom. The molecule has 0 aliphatic heterocycles. The van der Waals surface area contributed by atoms with Gasteiger partial charge in [-0.05, 0) is 19.1 Å². The molecule has 3 N–H and O–H groups in total. The van der Waals surface area contributed by atoms with Crippen molar-refractivity contribution in [1.29, 1.82) is 0 Å². The number of nitrogens with two attached hydrogens (primary N) is 1. The number of aryl methyl sites for hydroxylation is 1. The first-order chi connectivity index (χ1) is 9.63. The highest BCUT2D eigenvalue weighted by Gasteiger charge is 2.13. The summed E-state index contributed by atoms with van der Waals surface area (Å²) < 4.78 is 5.07. The number of hydrogen-bond acceptors (Lipinski definition) is 5. The number of fused-ring (bicyclic) bond motifs is 1. The molecule has 0 aliphatic rings. The molecule has 3 rings (SSSR count). The van der Waals surface area contributed by atoms with Crippen LogP contribution in [-0.2, 0) is 0 Å². The van der Waals surface area contributed by atoms with Crippen molar-refractivity contribution in [2.24, 2.45) is 0 Å². The highest BCUT2D eigenvalue weighted by molar-refractivity contribution is 6.05. The molecule has 0 radical (unpaired) electrons. The summed E-state index contributed by atoms with van der Waals surface area (Å²) in [6.45, 7) is 1.77. The van der Waals surface area contributed by atoms with Crippen LogP contribution in [0.3, 0.4) is 0 Å². The van der Waals surface area contributed by atoms with E-state index in [1.165, 1.54) is 12.3 Å². The van der Waals surface area contributed by atoms with Crippen molar-refractivity contribution < 1.29 is 9.21 Å². The number of anilines is 2. The maximum Gasteiger partial charge on any atom is 0.301 e. The summed E-state index contributed by atoms with van der Waals surface area (Å²) >= 11 is 0. The average Bonchev–Trinajstić information content (AvgIpc) is 2.84. The number of amides is 1. The van der Waals surface area contributed by atoms with Gasteiger partial charge in [0.05, 0.1) is 11.2 Å². The van der Waals surface area contributed by atoms with Crippen LogP contribution < -0.4 is 11.1 Å². The lowest BCUT2D eigenvalue weighted by Gasteiger charge is -2.05. The molecule has 0 bridgehead atoms. The predicted octanol–water partition coefficient (Wildman–Crippen LogP) is 2.37. The fourth-order valence-electron chi connectivity index (χ4n) is 1.89. The Morgan fingerprint density at radius 3 is 2.85 bits per heavy atom. The number of nitrogens with one attached hydrogen (secondary N) is 1. The molecule has 0 saturated heterocycles. The number of pyridine rings is 1. The molecule has 0 atom stereocenters. The van der Waals surface area contributed by atoms with E-state index < -0.39 is 5.91 Å². The quantitative estimate of drug-likeness (QED) is 0.744. The van der Waals surface area contributed by atoms with Crippen molar-refractivity contribution in [2.75, 3.05) is 11.1 Å². The lowest BCUT2D eigenvalue weighted by Crippen LogP contribution is -2.14. The van der Waals surface area contributed by atoms with Gasteiger partial charge in [-0.15, -0.1) is 0 Å². The molecule has 2 heterocycles. The van der Waals surface area contributed by atoms with E-state index in [1.807, 2.05) is 18.2 Å². The third-order valence-corrected chi connectivity index (χ3v) is 2.82. The molecule has 0 aliphatic carbocycles. The van der Waals surface area contributed by atoms with Crippen LogP contribution in [0.25, 0.3) is 10.9 Å². The normalized spacial score (nSPS) is 10.7. The zero-order chi connectivity index (χ0) is 14.1. The van der Waals surface area contributed by atoms with Gasteiger partial charge in [0.15, 0.2) is 0 Å². The standard InChI is InChI=1S/C14H12N4O2/c1-8-7-20-14(16-8)18-13(19)12-6-10(15)9-4-2-3-5-11(9)17-12/h2-7H,1H3,(H2,15,17)(H,16,18,19). The maximum absolute atomic E-state index is 12.1. The number of aromatic nitrogens is 2. The van der Waals surface area contributed by atoms with Gasteiger partial charge in [-0.25, -0.2) is 4.98 Å². The van der Waals surface area contributed by atoms with Gasteiger partial charge in [-0.2, -0.15) is 4.98 Å². The number of rotatable bonds is 2. The zero-order valence-corrected chi connectivity index (χ0v) is 10.8. The first-order valence-corrected chi connectivity index (χ1v) is 6.02. The van der Waals surface area contributed by atoms with Crippen molar-refractivity contribution in [3.8, 4) is 0 Å². The summed E-state index contributed by atoms with van der Waals surface area (Å²) in [5.41, 5.74) is 8.01. The Labute approximate surface area is 114 Å². The monoisotopic (exact) mass is 268 g/mol. The lowest BCUT2D eigenvalue weighted by molar-refractivity contribution is 0.102. The summed E-state index contributed by atoms with van der Waals surface area (Å²) in [4.78, 5) is 20.4. The second kappa shape index (κ2) is 4.65. The van der Waals surface area contributed by atoms with Crippen molar-refractivity contribution in [3.63, 3.8) is 0 Å². The first kappa shape index (κ1) is 12.2. The molecule has 6 nitrogen and oxygen atoms in total. The molecule has 2 aromatic heterocycles. The van der Waals surface area contributed by atoms with E-state index in [1.54, 1.807) is 13.0 Å². The minimum Gasteiger partial charge on any atom is -0.432 e. The smallest absolute Gasteiger partial charge is 0.301 e. The van der Waals surface area contributed by atoms with E-state index in [0.717, 1.165) is 5.39 Å². The number of hydrogen-bond donors (Lipinski definition) is 2. The fourth-order valence-corrected chi connectivity index (χ4v) is 1.89. The minimum atomic E-state index is -0.413. The summed E-state index contributed by atoms with van der Waals surface area (Å²) in [5.74, 6) is -0.413. The number of carbonyl (C=O) groups is 1. The number of carbonyl (C=O) groups excluding carboxylic acids is 1. The van der Waals surface area contributed by atoms with E-state index in [0.29, 0.717) is 16.9 Å². The first-order valence-electron chi connectivity index (χ1n) is 6.02. The number of nitrogens with zero attached hydrogens (tertiary/aromatic N) is 2. The molecule has 0 saturated carbocycles. The minimum absolute atomic E-state index is 0.140. The SMILES string of the molecule is Cc1coc(NC(=O)c2cc(N)c3ccccc3n2)n1. The van der Waals surface area contributed by atoms with Gasteiger partial charge in [0.1, 0.15) is 12.0 Å². The third kappa shape index (κ3) is 2.18. The van der Waals surface area contributed by atoms with Gasteiger partial charge in [0, 0.05) is 11.1 Å². The molecule has 100 valence electrons. The predicted molar refractivity (Wildman–Crippen MR) is 75.3 cm³/mol. The lowest BCUT2D eigenvalue weighted by atomic mass is 10.1. The molecule has 6 heteroatoms. The van der Waals surface area contributed by atoms with Crippen LogP contribution in [0.5, 0.6) is 0 Å². The second-order valence-electron chi connectivity index (χ2n) is 4.36. The van der Waals surface area contributed by atoms with Crippen molar-refractivity contribution in [3.05, 3.63) is 48.0 Å². The highest BCUT2D eigenvalue weighted by Crippen LogP contribution is 2.20. The summed E-state index contributed by atoms with van der Waals surface area (Å²) in [6, 6.07) is 9.05. The molecule has 0 fully saturated rings. The summed E-state index contributed by atoms with van der Waals surface area (Å²) in [6.07, 6.45) is 1.46. The van der Waals surface area contributed by atoms with Crippen LogP contribution in [0.15, 0.2) is 41.0 Å². The van der Waals surface area contributed by atoms with Crippen LogP contribution in [0.4, 0.5) is 11.7 Å². The molecule has 0 unspecified atom stereocenters. The van der Waals surface area contributed by atoms with Crippen molar-refractivity contribution in [2.45, 2.75) is 6.92 Å². The molecule has 0 spiro atoms. The molecule has 20 heavy (non-hydrogen) atoms. The van der Waals surface area contributed by atoms with E-state index in [4.69, 9.17) is 10.2 Å². The Balaban J connectivity index is 1.95. The Kier molecular flexibility index (Phi) is 2.83. The van der Waals surface area contributed by atoms with Gasteiger partial charge < -0.3 is 10.2 Å². The van der Waals surface area contributed by atoms with E-state index in [9.17, 15) is 4.79 Å². The van der Waals surface area contributed by atoms with Crippen LogP contribution in [-0.4, -0.2) is 15.9 Å². The van der Waals surface area contributed by atoms with Crippen LogP contribution in [0.1, 0.15) is 16.2 Å². The fraction of sp³-hybridized carbons (Fsp3) is 0.0714. The van der Waals surface area contributed by atoms with Gasteiger partial charge in [-0.1, -0.05) is 18.2 Å². The molecular formula is C14H12N4O2. The maximum atomic E-state index is 12.1. The summed E-state index contributed by atoms with van der Waals surface area (Å²) in [7, 11) is 0. The van der Waals surface area contributed by atoms with Crippen LogP contribution in [0.2, 0.25) is 0 Å². The van der Waals surface area contributed by atoms with Crippen LogP contribution in [0, 0.1) is 6.92 Å². The largest absolute Gasteiger partial charge is 0.432 e. The van der Waals surface area contributed by atoms with E-state index in [-0.39, 0.29) is 11.7 Å². The van der Waals surface area contributed by atoms with Crippen molar-refractivity contribution in [1.82, 2.24) is 9.97 Å². The van der Waals surface area contributed by atoms with Gasteiger partial charge in [-0.3, -0.25) is 10.1 Å². The second-order valence-corrected chi connectivity index (χ2v) is 4.36. The summed E-state index contributed by atoms with van der Waals surface area (Å²) in [5, 5.41) is 3.35. The Morgan fingerprint density at radius 2 is 2.10 bits per heavy atom. The Hall–Kier alpha value is -2.89. The molecular weight excluding hydrogens is 256 g/mol. The van der Waals surface area contributed by atoms with E-state index in [2.05, 4.69) is 15.3 Å². The highest BCUT2D eigenvalue weighted by atomic mass is 16.4. The topological polar surface area (TPSA) is 94.0 Å². The molecule has 1 amide bonds. The average molecular weight is 268 g/mol. The zero-order valence-electron chi connectivity index (χ0n) is 10.8.